The van der Waals surface area contributed by atoms with E-state index in [9.17, 15) is 9.18 Å². The van der Waals surface area contributed by atoms with Crippen LogP contribution < -0.4 is 4.74 Å². The van der Waals surface area contributed by atoms with E-state index in [1.54, 1.807) is 18.2 Å². The summed E-state index contributed by atoms with van der Waals surface area (Å²) in [5, 5.41) is 0. The molecule has 0 saturated heterocycles. The largest absolute Gasteiger partial charge is 0.492 e. The van der Waals surface area contributed by atoms with Gasteiger partial charge in [-0.05, 0) is 17.7 Å². The molecule has 1 aliphatic heterocycles. The SMILES string of the molecule is O=C(Cc1ccccc1F)C1COc2ccccc21. The summed E-state index contributed by atoms with van der Waals surface area (Å²) in [6.07, 6.45) is 0.106. The second kappa shape index (κ2) is 4.84. The third kappa shape index (κ3) is 2.24. The number of ketones is 1. The Kier molecular flexibility index (Phi) is 3.03. The Hall–Kier alpha value is -2.16. The summed E-state index contributed by atoms with van der Waals surface area (Å²) < 4.78 is 19.0. The average Bonchev–Trinajstić information content (AvgIpc) is 2.85. The fourth-order valence-corrected chi connectivity index (χ4v) is 2.38. The average molecular weight is 256 g/mol. The van der Waals surface area contributed by atoms with Gasteiger partial charge in [-0.3, -0.25) is 4.79 Å². The normalized spacial score (nSPS) is 16.8. The molecule has 1 unspecified atom stereocenters. The van der Waals surface area contributed by atoms with E-state index < -0.39 is 0 Å². The number of ether oxygens (including phenoxy) is 1. The van der Waals surface area contributed by atoms with Gasteiger partial charge in [0.25, 0.3) is 0 Å². The predicted octanol–water partition coefficient (Wildman–Crippen LogP) is 3.11. The molecule has 19 heavy (non-hydrogen) atoms. The second-order valence-corrected chi connectivity index (χ2v) is 4.64. The molecule has 1 heterocycles. The molecule has 0 N–H and O–H groups in total. The van der Waals surface area contributed by atoms with Gasteiger partial charge in [-0.2, -0.15) is 0 Å². The van der Waals surface area contributed by atoms with Crippen molar-refractivity contribution in [1.82, 2.24) is 0 Å². The quantitative estimate of drug-likeness (QED) is 0.843. The van der Waals surface area contributed by atoms with Crippen molar-refractivity contribution in [3.63, 3.8) is 0 Å². The number of hydrogen-bond donors (Lipinski definition) is 0. The van der Waals surface area contributed by atoms with E-state index in [1.807, 2.05) is 24.3 Å². The van der Waals surface area contributed by atoms with Gasteiger partial charge in [0.1, 0.15) is 24.0 Å². The van der Waals surface area contributed by atoms with Crippen molar-refractivity contribution < 1.29 is 13.9 Å². The Morgan fingerprint density at radius 1 is 1.16 bits per heavy atom. The molecule has 2 aromatic rings. The molecule has 0 radical (unpaired) electrons. The van der Waals surface area contributed by atoms with E-state index in [0.717, 1.165) is 11.3 Å². The van der Waals surface area contributed by atoms with Crippen LogP contribution in [-0.2, 0) is 11.2 Å². The molecule has 0 amide bonds. The monoisotopic (exact) mass is 256 g/mol. The van der Waals surface area contributed by atoms with Gasteiger partial charge in [0, 0.05) is 12.0 Å². The molecule has 0 aromatic heterocycles. The molecule has 1 aliphatic rings. The van der Waals surface area contributed by atoms with Crippen LogP contribution in [0.1, 0.15) is 17.0 Å². The number of fused-ring (bicyclic) bond motifs is 1. The molecule has 0 aliphatic carbocycles. The van der Waals surface area contributed by atoms with Crippen LogP contribution in [-0.4, -0.2) is 12.4 Å². The van der Waals surface area contributed by atoms with Crippen molar-refractivity contribution in [2.75, 3.05) is 6.61 Å². The van der Waals surface area contributed by atoms with Crippen molar-refractivity contribution in [3.8, 4) is 5.75 Å². The summed E-state index contributed by atoms with van der Waals surface area (Å²) in [6, 6.07) is 13.9. The Balaban J connectivity index is 1.81. The lowest BCUT2D eigenvalue weighted by Crippen LogP contribution is -2.17. The zero-order chi connectivity index (χ0) is 13.2. The standard InChI is InChI=1S/C16H13FO2/c17-14-7-3-1-5-11(14)9-15(18)13-10-19-16-8-4-2-6-12(13)16/h1-8,13H,9-10H2. The number of carbonyl (C=O) groups is 1. The zero-order valence-electron chi connectivity index (χ0n) is 10.3. The summed E-state index contributed by atoms with van der Waals surface area (Å²) in [5.74, 6) is 0.142. The van der Waals surface area contributed by atoms with Crippen LogP contribution in [0.15, 0.2) is 48.5 Å². The molecule has 1 atom stereocenters. The fourth-order valence-electron chi connectivity index (χ4n) is 2.38. The highest BCUT2D eigenvalue weighted by atomic mass is 19.1. The van der Waals surface area contributed by atoms with Crippen molar-refractivity contribution in [2.24, 2.45) is 0 Å². The summed E-state index contributed by atoms with van der Waals surface area (Å²) >= 11 is 0. The first-order valence-corrected chi connectivity index (χ1v) is 6.23. The molecule has 0 fully saturated rings. The van der Waals surface area contributed by atoms with Gasteiger partial charge in [0.15, 0.2) is 0 Å². The maximum atomic E-state index is 13.5. The van der Waals surface area contributed by atoms with Gasteiger partial charge in [0.2, 0.25) is 0 Å². The lowest BCUT2D eigenvalue weighted by atomic mass is 9.93. The number of para-hydroxylation sites is 1. The third-order valence-electron chi connectivity index (χ3n) is 3.41. The lowest BCUT2D eigenvalue weighted by Gasteiger charge is -2.08. The van der Waals surface area contributed by atoms with Gasteiger partial charge in [-0.1, -0.05) is 36.4 Å². The smallest absolute Gasteiger partial charge is 0.148 e. The minimum atomic E-state index is -0.331. The first-order valence-electron chi connectivity index (χ1n) is 6.23. The first-order chi connectivity index (χ1) is 9.25. The molecule has 2 aromatic carbocycles. The number of rotatable bonds is 3. The van der Waals surface area contributed by atoms with Crippen LogP contribution >= 0.6 is 0 Å². The van der Waals surface area contributed by atoms with Crippen molar-refractivity contribution >= 4 is 5.78 Å². The van der Waals surface area contributed by atoms with Crippen molar-refractivity contribution in [3.05, 3.63) is 65.5 Å². The fraction of sp³-hybridized carbons (Fsp3) is 0.188. The van der Waals surface area contributed by atoms with E-state index in [1.165, 1.54) is 6.07 Å². The van der Waals surface area contributed by atoms with Gasteiger partial charge in [-0.15, -0.1) is 0 Å². The Morgan fingerprint density at radius 3 is 2.74 bits per heavy atom. The van der Waals surface area contributed by atoms with Gasteiger partial charge < -0.3 is 4.74 Å². The van der Waals surface area contributed by atoms with Crippen LogP contribution in [0.2, 0.25) is 0 Å². The first kappa shape index (κ1) is 11.9. The van der Waals surface area contributed by atoms with Crippen LogP contribution in [0.4, 0.5) is 4.39 Å². The highest BCUT2D eigenvalue weighted by Crippen LogP contribution is 2.34. The minimum absolute atomic E-state index is 0.00458. The topological polar surface area (TPSA) is 26.3 Å². The predicted molar refractivity (Wildman–Crippen MR) is 69.8 cm³/mol. The molecule has 2 nitrogen and oxygen atoms in total. The molecule has 3 rings (SSSR count). The van der Waals surface area contributed by atoms with Gasteiger partial charge in [-0.25, -0.2) is 4.39 Å². The molecule has 0 saturated carbocycles. The summed E-state index contributed by atoms with van der Waals surface area (Å²) in [5.41, 5.74) is 1.35. The number of hydrogen-bond acceptors (Lipinski definition) is 2. The van der Waals surface area contributed by atoms with Crippen LogP contribution in [0, 0.1) is 5.82 Å². The summed E-state index contributed by atoms with van der Waals surface area (Å²) in [6.45, 7) is 0.354. The van der Waals surface area contributed by atoms with E-state index in [4.69, 9.17) is 4.74 Å². The second-order valence-electron chi connectivity index (χ2n) is 4.64. The Morgan fingerprint density at radius 2 is 1.89 bits per heavy atom. The van der Waals surface area contributed by atoms with E-state index >= 15 is 0 Å². The highest BCUT2D eigenvalue weighted by molar-refractivity contribution is 5.89. The Labute approximate surface area is 110 Å². The van der Waals surface area contributed by atoms with Crippen molar-refractivity contribution in [1.29, 1.82) is 0 Å². The minimum Gasteiger partial charge on any atom is -0.492 e. The molecule has 96 valence electrons. The molecular formula is C16H13FO2. The van der Waals surface area contributed by atoms with Gasteiger partial charge in [0.05, 0.1) is 5.92 Å². The van der Waals surface area contributed by atoms with E-state index in [2.05, 4.69) is 0 Å². The number of Topliss-reactive ketones (excluding diaryl/α,β-unsaturated/α-hetero) is 1. The van der Waals surface area contributed by atoms with Gasteiger partial charge >= 0.3 is 0 Å². The third-order valence-corrected chi connectivity index (χ3v) is 3.41. The molecular weight excluding hydrogens is 243 g/mol. The maximum Gasteiger partial charge on any atom is 0.148 e. The van der Waals surface area contributed by atoms with E-state index in [-0.39, 0.29) is 23.9 Å². The zero-order valence-corrected chi connectivity index (χ0v) is 10.3. The number of benzene rings is 2. The summed E-state index contributed by atoms with van der Waals surface area (Å²) in [7, 11) is 0. The number of halogens is 1. The van der Waals surface area contributed by atoms with Crippen LogP contribution in [0.25, 0.3) is 0 Å². The van der Waals surface area contributed by atoms with E-state index in [0.29, 0.717) is 12.2 Å². The summed E-state index contributed by atoms with van der Waals surface area (Å²) in [4.78, 5) is 12.3. The highest BCUT2D eigenvalue weighted by Gasteiger charge is 2.29. The maximum absolute atomic E-state index is 13.5. The van der Waals surface area contributed by atoms with Crippen molar-refractivity contribution in [2.45, 2.75) is 12.3 Å². The molecule has 0 bridgehead atoms. The van der Waals surface area contributed by atoms with Crippen LogP contribution in [0.3, 0.4) is 0 Å². The lowest BCUT2D eigenvalue weighted by molar-refractivity contribution is -0.120. The molecule has 0 spiro atoms. The van der Waals surface area contributed by atoms with Crippen LogP contribution in [0.5, 0.6) is 5.75 Å². The Bertz CT molecular complexity index is 622. The number of carbonyl (C=O) groups excluding carboxylic acids is 1. The molecule has 3 heteroatoms.